The molecule has 0 aromatic heterocycles. The van der Waals surface area contributed by atoms with Crippen LogP contribution in [0.2, 0.25) is 0 Å². The first kappa shape index (κ1) is 15.4. The smallest absolute Gasteiger partial charge is 0.0462 e. The molecule has 0 saturated carbocycles. The molecule has 0 aliphatic carbocycles. The molecule has 0 amide bonds. The first-order valence-corrected chi connectivity index (χ1v) is 5.40. The molecule has 82 valence electrons. The number of methoxy groups -OCH3 is 1. The molecule has 0 heterocycles. The standard InChI is InChI=1S/C11H24O.H2O/c1-3-4-5-6-7-8-9-10-11-12-2;/h3-11H2,1-2H3;1H2. The fourth-order valence-corrected chi connectivity index (χ4v) is 1.38. The van der Waals surface area contributed by atoms with Gasteiger partial charge in [-0.25, -0.2) is 0 Å². The Kier molecular flexibility index (Phi) is 17.1. The predicted octanol–water partition coefficient (Wildman–Crippen LogP) is 2.95. The Bertz CT molecular complexity index is 64.5. The van der Waals surface area contributed by atoms with Crippen molar-refractivity contribution in [3.63, 3.8) is 0 Å². The van der Waals surface area contributed by atoms with E-state index in [0.717, 1.165) is 6.61 Å². The first-order chi connectivity index (χ1) is 5.91. The molecular weight excluding hydrogens is 164 g/mol. The lowest BCUT2D eigenvalue weighted by Gasteiger charge is -2.00. The topological polar surface area (TPSA) is 40.7 Å². The SMILES string of the molecule is CCCCCCCCCCOC.O. The second-order valence-corrected chi connectivity index (χ2v) is 3.47. The van der Waals surface area contributed by atoms with Crippen LogP contribution in [0.1, 0.15) is 58.3 Å². The highest BCUT2D eigenvalue weighted by molar-refractivity contribution is 4.45. The zero-order valence-corrected chi connectivity index (χ0v) is 9.27. The molecule has 0 aliphatic heterocycles. The maximum absolute atomic E-state index is 4.99. The molecule has 2 N–H and O–H groups in total. The molecular formula is C11H26O2. The van der Waals surface area contributed by atoms with E-state index in [9.17, 15) is 0 Å². The Morgan fingerprint density at radius 2 is 1.23 bits per heavy atom. The van der Waals surface area contributed by atoms with E-state index in [1.54, 1.807) is 7.11 Å². The van der Waals surface area contributed by atoms with E-state index >= 15 is 0 Å². The highest BCUT2D eigenvalue weighted by Gasteiger charge is 1.90. The van der Waals surface area contributed by atoms with Crippen LogP contribution in [-0.2, 0) is 4.74 Å². The summed E-state index contributed by atoms with van der Waals surface area (Å²) in [5.74, 6) is 0. The maximum Gasteiger partial charge on any atom is 0.0462 e. The minimum atomic E-state index is 0. The van der Waals surface area contributed by atoms with Gasteiger partial charge in [-0.3, -0.25) is 0 Å². The summed E-state index contributed by atoms with van der Waals surface area (Å²) in [4.78, 5) is 0. The fraction of sp³-hybridized carbons (Fsp3) is 1.00. The van der Waals surface area contributed by atoms with Crippen molar-refractivity contribution in [3.05, 3.63) is 0 Å². The monoisotopic (exact) mass is 190 g/mol. The van der Waals surface area contributed by atoms with Crippen molar-refractivity contribution in [2.75, 3.05) is 13.7 Å². The molecule has 13 heavy (non-hydrogen) atoms. The van der Waals surface area contributed by atoms with Crippen molar-refractivity contribution >= 4 is 0 Å². The largest absolute Gasteiger partial charge is 0.412 e. The van der Waals surface area contributed by atoms with Gasteiger partial charge in [-0.15, -0.1) is 0 Å². The highest BCUT2D eigenvalue weighted by Crippen LogP contribution is 2.07. The van der Waals surface area contributed by atoms with Crippen molar-refractivity contribution in [3.8, 4) is 0 Å². The third kappa shape index (κ3) is 14.7. The molecule has 0 saturated heterocycles. The lowest BCUT2D eigenvalue weighted by Crippen LogP contribution is -1.88. The van der Waals surface area contributed by atoms with Crippen LogP contribution in [0.3, 0.4) is 0 Å². The molecule has 0 unspecified atom stereocenters. The Morgan fingerprint density at radius 1 is 0.769 bits per heavy atom. The molecule has 0 fully saturated rings. The molecule has 2 nitrogen and oxygen atoms in total. The molecule has 2 heteroatoms. The molecule has 0 atom stereocenters. The van der Waals surface area contributed by atoms with E-state index in [-0.39, 0.29) is 5.48 Å². The first-order valence-electron chi connectivity index (χ1n) is 5.40. The Hall–Kier alpha value is -0.0800. The van der Waals surface area contributed by atoms with Gasteiger partial charge >= 0.3 is 0 Å². The van der Waals surface area contributed by atoms with Gasteiger partial charge in [-0.2, -0.15) is 0 Å². The molecule has 0 aliphatic rings. The Balaban J connectivity index is 0. The van der Waals surface area contributed by atoms with E-state index in [2.05, 4.69) is 6.92 Å². The van der Waals surface area contributed by atoms with Gasteiger partial charge in [-0.05, 0) is 6.42 Å². The minimum Gasteiger partial charge on any atom is -0.412 e. The van der Waals surface area contributed by atoms with Gasteiger partial charge in [0.2, 0.25) is 0 Å². The summed E-state index contributed by atoms with van der Waals surface area (Å²) in [5, 5.41) is 0. The second kappa shape index (κ2) is 14.4. The Labute approximate surface area is 83.0 Å². The lowest BCUT2D eigenvalue weighted by molar-refractivity contribution is 0.192. The quantitative estimate of drug-likeness (QED) is 0.515. The van der Waals surface area contributed by atoms with Crippen LogP contribution in [0, 0.1) is 0 Å². The average molecular weight is 190 g/mol. The van der Waals surface area contributed by atoms with Crippen LogP contribution >= 0.6 is 0 Å². The zero-order chi connectivity index (χ0) is 9.07. The molecule has 0 bridgehead atoms. The van der Waals surface area contributed by atoms with Gasteiger partial charge in [0, 0.05) is 13.7 Å². The third-order valence-electron chi connectivity index (χ3n) is 2.20. The van der Waals surface area contributed by atoms with E-state index in [0.29, 0.717) is 0 Å². The van der Waals surface area contributed by atoms with Crippen molar-refractivity contribution in [1.82, 2.24) is 0 Å². The summed E-state index contributed by atoms with van der Waals surface area (Å²) in [7, 11) is 1.78. The molecule has 0 radical (unpaired) electrons. The summed E-state index contributed by atoms with van der Waals surface area (Å²) < 4.78 is 4.99. The number of hydrogen-bond acceptors (Lipinski definition) is 1. The van der Waals surface area contributed by atoms with Gasteiger partial charge in [0.15, 0.2) is 0 Å². The van der Waals surface area contributed by atoms with Crippen molar-refractivity contribution in [1.29, 1.82) is 0 Å². The van der Waals surface area contributed by atoms with Gasteiger partial charge in [0.05, 0.1) is 0 Å². The summed E-state index contributed by atoms with van der Waals surface area (Å²) in [6, 6.07) is 0. The fourth-order valence-electron chi connectivity index (χ4n) is 1.38. The normalized spacial score (nSPS) is 9.69. The van der Waals surface area contributed by atoms with Gasteiger partial charge in [-0.1, -0.05) is 51.9 Å². The van der Waals surface area contributed by atoms with Gasteiger partial charge in [0.1, 0.15) is 0 Å². The van der Waals surface area contributed by atoms with Crippen molar-refractivity contribution < 1.29 is 10.2 Å². The molecule has 0 spiro atoms. The van der Waals surface area contributed by atoms with E-state index < -0.39 is 0 Å². The van der Waals surface area contributed by atoms with Gasteiger partial charge < -0.3 is 10.2 Å². The van der Waals surface area contributed by atoms with Crippen LogP contribution in [0.25, 0.3) is 0 Å². The summed E-state index contributed by atoms with van der Waals surface area (Å²) in [6.07, 6.45) is 11.0. The number of ether oxygens (including phenoxy) is 1. The van der Waals surface area contributed by atoms with Gasteiger partial charge in [0.25, 0.3) is 0 Å². The average Bonchev–Trinajstić information content (AvgIpc) is 2.10. The Morgan fingerprint density at radius 3 is 1.69 bits per heavy atom. The van der Waals surface area contributed by atoms with Crippen LogP contribution < -0.4 is 0 Å². The van der Waals surface area contributed by atoms with Crippen LogP contribution in [0.5, 0.6) is 0 Å². The van der Waals surface area contributed by atoms with E-state index in [1.165, 1.54) is 51.4 Å². The third-order valence-corrected chi connectivity index (χ3v) is 2.20. The summed E-state index contributed by atoms with van der Waals surface area (Å²) in [6.45, 7) is 3.20. The second-order valence-electron chi connectivity index (χ2n) is 3.47. The number of rotatable bonds is 9. The van der Waals surface area contributed by atoms with Crippen molar-refractivity contribution in [2.24, 2.45) is 0 Å². The maximum atomic E-state index is 4.99. The zero-order valence-electron chi connectivity index (χ0n) is 9.27. The highest BCUT2D eigenvalue weighted by atomic mass is 16.5. The van der Waals surface area contributed by atoms with Crippen LogP contribution in [0.4, 0.5) is 0 Å². The molecule has 0 aromatic carbocycles. The number of hydrogen-bond donors (Lipinski definition) is 0. The van der Waals surface area contributed by atoms with E-state index in [4.69, 9.17) is 4.74 Å². The summed E-state index contributed by atoms with van der Waals surface area (Å²) >= 11 is 0. The summed E-state index contributed by atoms with van der Waals surface area (Å²) in [5.41, 5.74) is 0. The molecule has 0 rings (SSSR count). The van der Waals surface area contributed by atoms with Crippen LogP contribution in [0.15, 0.2) is 0 Å². The van der Waals surface area contributed by atoms with E-state index in [1.807, 2.05) is 0 Å². The number of unbranched alkanes of at least 4 members (excludes halogenated alkanes) is 7. The van der Waals surface area contributed by atoms with Crippen molar-refractivity contribution in [2.45, 2.75) is 58.3 Å². The molecule has 0 aromatic rings. The lowest BCUT2D eigenvalue weighted by atomic mass is 10.1. The predicted molar refractivity (Wildman–Crippen MR) is 58.1 cm³/mol. The van der Waals surface area contributed by atoms with Crippen LogP contribution in [-0.4, -0.2) is 19.2 Å². The minimum absolute atomic E-state index is 0.